The predicted octanol–water partition coefficient (Wildman–Crippen LogP) is 1.98. The molecule has 1 saturated heterocycles. The molecule has 0 bridgehead atoms. The maximum absolute atomic E-state index is 13.0. The van der Waals surface area contributed by atoms with Crippen LogP contribution >= 0.6 is 23.1 Å². The summed E-state index contributed by atoms with van der Waals surface area (Å²) in [6, 6.07) is 6.21. The monoisotopic (exact) mass is 418 g/mol. The SMILES string of the molecule is CSc1ccc2nc(N(CCN3CCOCC3)C(=O)Cn3cncn3)sc2c1. The number of thiazole rings is 1. The maximum atomic E-state index is 13.0. The highest BCUT2D eigenvalue weighted by Gasteiger charge is 2.22. The highest BCUT2D eigenvalue weighted by molar-refractivity contribution is 7.98. The molecule has 4 rings (SSSR count). The fourth-order valence-corrected chi connectivity index (χ4v) is 4.63. The molecule has 0 saturated carbocycles. The normalized spacial score (nSPS) is 15.2. The number of amides is 1. The van der Waals surface area contributed by atoms with Crippen LogP contribution in [-0.2, 0) is 16.1 Å². The minimum atomic E-state index is -0.0390. The molecule has 148 valence electrons. The fourth-order valence-electron chi connectivity index (χ4n) is 3.07. The van der Waals surface area contributed by atoms with E-state index in [1.807, 2.05) is 6.07 Å². The van der Waals surface area contributed by atoms with Crippen molar-refractivity contribution in [3.05, 3.63) is 30.9 Å². The number of ether oxygens (including phenoxy) is 1. The van der Waals surface area contributed by atoms with E-state index in [9.17, 15) is 4.79 Å². The largest absolute Gasteiger partial charge is 0.379 e. The van der Waals surface area contributed by atoms with E-state index < -0.39 is 0 Å². The molecule has 1 fully saturated rings. The van der Waals surface area contributed by atoms with Gasteiger partial charge in [-0.1, -0.05) is 11.3 Å². The number of carbonyl (C=O) groups excluding carboxylic acids is 1. The van der Waals surface area contributed by atoms with Crippen LogP contribution in [0.1, 0.15) is 0 Å². The van der Waals surface area contributed by atoms with E-state index in [-0.39, 0.29) is 12.5 Å². The molecule has 1 aliphatic rings. The standard InChI is InChI=1S/C18H22N6O2S2/c1-27-14-2-3-15-16(10-14)28-18(21-15)24(5-4-22-6-8-26-9-7-22)17(25)11-23-13-19-12-20-23/h2-3,10,12-13H,4-9,11H2,1H3. The summed E-state index contributed by atoms with van der Waals surface area (Å²) in [5.41, 5.74) is 0.919. The van der Waals surface area contributed by atoms with E-state index in [0.717, 1.165) is 48.2 Å². The lowest BCUT2D eigenvalue weighted by molar-refractivity contribution is -0.119. The fraction of sp³-hybridized carbons (Fsp3) is 0.444. The first-order valence-electron chi connectivity index (χ1n) is 9.10. The summed E-state index contributed by atoms with van der Waals surface area (Å²) in [6.07, 6.45) is 5.05. The molecule has 28 heavy (non-hydrogen) atoms. The molecule has 0 aliphatic carbocycles. The summed E-state index contributed by atoms with van der Waals surface area (Å²) in [6.45, 7) is 4.79. The average molecular weight is 419 g/mol. The van der Waals surface area contributed by atoms with E-state index >= 15 is 0 Å². The summed E-state index contributed by atoms with van der Waals surface area (Å²) in [5.74, 6) is -0.0390. The molecule has 0 radical (unpaired) electrons. The van der Waals surface area contributed by atoms with Crippen LogP contribution in [0.4, 0.5) is 5.13 Å². The molecule has 8 nitrogen and oxygen atoms in total. The summed E-state index contributed by atoms with van der Waals surface area (Å²) in [4.78, 5) is 27.0. The Bertz CT molecular complexity index is 923. The van der Waals surface area contributed by atoms with Gasteiger partial charge in [0.15, 0.2) is 5.13 Å². The molecule has 0 N–H and O–H groups in total. The zero-order chi connectivity index (χ0) is 19.3. The summed E-state index contributed by atoms with van der Waals surface area (Å²) >= 11 is 3.26. The minimum Gasteiger partial charge on any atom is -0.379 e. The van der Waals surface area contributed by atoms with E-state index in [4.69, 9.17) is 9.72 Å². The van der Waals surface area contributed by atoms with Gasteiger partial charge in [-0.05, 0) is 24.5 Å². The Balaban J connectivity index is 1.56. The Labute approximate surface area is 171 Å². The molecule has 3 aromatic rings. The number of fused-ring (bicyclic) bond motifs is 1. The van der Waals surface area contributed by atoms with Crippen LogP contribution < -0.4 is 4.90 Å². The van der Waals surface area contributed by atoms with Crippen molar-refractivity contribution in [1.29, 1.82) is 0 Å². The summed E-state index contributed by atoms with van der Waals surface area (Å²) in [7, 11) is 0. The third kappa shape index (κ3) is 4.52. The van der Waals surface area contributed by atoms with Crippen LogP contribution in [0.5, 0.6) is 0 Å². The first-order chi connectivity index (χ1) is 13.7. The van der Waals surface area contributed by atoms with Crippen molar-refractivity contribution < 1.29 is 9.53 Å². The van der Waals surface area contributed by atoms with Gasteiger partial charge in [-0.25, -0.2) is 14.6 Å². The van der Waals surface area contributed by atoms with Gasteiger partial charge in [0.05, 0.1) is 23.4 Å². The second-order valence-electron chi connectivity index (χ2n) is 6.42. The first kappa shape index (κ1) is 19.3. The summed E-state index contributed by atoms with van der Waals surface area (Å²) in [5, 5.41) is 4.79. The van der Waals surface area contributed by atoms with Gasteiger partial charge in [0.1, 0.15) is 19.2 Å². The molecule has 1 aromatic carbocycles. The molecular weight excluding hydrogens is 396 g/mol. The number of benzene rings is 1. The molecule has 1 aliphatic heterocycles. The van der Waals surface area contributed by atoms with Gasteiger partial charge < -0.3 is 4.74 Å². The van der Waals surface area contributed by atoms with E-state index in [2.05, 4.69) is 33.4 Å². The molecule has 0 atom stereocenters. The second kappa shape index (κ2) is 8.99. The van der Waals surface area contributed by atoms with Crippen molar-refractivity contribution in [2.75, 3.05) is 50.5 Å². The van der Waals surface area contributed by atoms with Crippen molar-refractivity contribution in [1.82, 2.24) is 24.6 Å². The zero-order valence-corrected chi connectivity index (χ0v) is 17.3. The van der Waals surface area contributed by atoms with Crippen molar-refractivity contribution in [3.8, 4) is 0 Å². The molecule has 0 unspecified atom stereocenters. The molecule has 1 amide bonds. The first-order valence-corrected chi connectivity index (χ1v) is 11.1. The van der Waals surface area contributed by atoms with Gasteiger partial charge in [-0.3, -0.25) is 14.6 Å². The van der Waals surface area contributed by atoms with Crippen LogP contribution in [0.3, 0.4) is 0 Å². The lowest BCUT2D eigenvalue weighted by Crippen LogP contribution is -2.44. The predicted molar refractivity (Wildman–Crippen MR) is 111 cm³/mol. The van der Waals surface area contributed by atoms with Crippen LogP contribution in [0.2, 0.25) is 0 Å². The zero-order valence-electron chi connectivity index (χ0n) is 15.7. The van der Waals surface area contributed by atoms with Gasteiger partial charge in [0, 0.05) is 31.1 Å². The topological polar surface area (TPSA) is 76.4 Å². The lowest BCUT2D eigenvalue weighted by atomic mass is 10.3. The quantitative estimate of drug-likeness (QED) is 0.543. The van der Waals surface area contributed by atoms with Gasteiger partial charge in [0.2, 0.25) is 0 Å². The smallest absolute Gasteiger partial charge is 0.250 e. The minimum absolute atomic E-state index is 0.0390. The lowest BCUT2D eigenvalue weighted by Gasteiger charge is -2.29. The Morgan fingerprint density at radius 3 is 2.96 bits per heavy atom. The number of nitrogens with zero attached hydrogens (tertiary/aromatic N) is 6. The van der Waals surface area contributed by atoms with Gasteiger partial charge in [-0.2, -0.15) is 5.10 Å². The number of hydrogen-bond donors (Lipinski definition) is 0. The van der Waals surface area contributed by atoms with Crippen molar-refractivity contribution in [2.45, 2.75) is 11.4 Å². The molecule has 3 heterocycles. The number of aromatic nitrogens is 4. The highest BCUT2D eigenvalue weighted by atomic mass is 32.2. The number of thioether (sulfide) groups is 1. The Morgan fingerprint density at radius 2 is 2.21 bits per heavy atom. The third-order valence-electron chi connectivity index (χ3n) is 4.62. The van der Waals surface area contributed by atoms with Crippen LogP contribution in [0.25, 0.3) is 10.2 Å². The number of rotatable bonds is 7. The molecule has 0 spiro atoms. The van der Waals surface area contributed by atoms with Crippen LogP contribution in [0.15, 0.2) is 35.7 Å². The van der Waals surface area contributed by atoms with Crippen molar-refractivity contribution in [3.63, 3.8) is 0 Å². The number of anilines is 1. The molecule has 2 aromatic heterocycles. The van der Waals surface area contributed by atoms with E-state index in [1.165, 1.54) is 11.2 Å². The highest BCUT2D eigenvalue weighted by Crippen LogP contribution is 2.31. The van der Waals surface area contributed by atoms with Gasteiger partial charge in [0.25, 0.3) is 5.91 Å². The Morgan fingerprint density at radius 1 is 1.36 bits per heavy atom. The van der Waals surface area contributed by atoms with E-state index in [0.29, 0.717) is 6.54 Å². The van der Waals surface area contributed by atoms with Crippen LogP contribution in [0, 0.1) is 0 Å². The number of carbonyl (C=O) groups is 1. The number of hydrogen-bond acceptors (Lipinski definition) is 8. The Hall–Kier alpha value is -2.01. The van der Waals surface area contributed by atoms with Crippen molar-refractivity contribution >= 4 is 44.4 Å². The third-order valence-corrected chi connectivity index (χ3v) is 6.39. The Kier molecular flexibility index (Phi) is 6.20. The number of morpholine rings is 1. The van der Waals surface area contributed by atoms with Crippen LogP contribution in [-0.4, -0.2) is 76.2 Å². The van der Waals surface area contributed by atoms with Crippen molar-refractivity contribution in [2.24, 2.45) is 0 Å². The second-order valence-corrected chi connectivity index (χ2v) is 8.31. The molecule has 10 heteroatoms. The average Bonchev–Trinajstić information content (AvgIpc) is 3.37. The maximum Gasteiger partial charge on any atom is 0.250 e. The van der Waals surface area contributed by atoms with Gasteiger partial charge >= 0.3 is 0 Å². The van der Waals surface area contributed by atoms with E-state index in [1.54, 1.807) is 39.0 Å². The molecular formula is C18H22N6O2S2. The van der Waals surface area contributed by atoms with Gasteiger partial charge in [-0.15, -0.1) is 11.8 Å². The summed E-state index contributed by atoms with van der Waals surface area (Å²) < 4.78 is 8.05.